The summed E-state index contributed by atoms with van der Waals surface area (Å²) in [6, 6.07) is 5.50. The highest BCUT2D eigenvalue weighted by Gasteiger charge is 2.38. The molecule has 3 saturated heterocycles. The smallest absolute Gasteiger partial charge is 0.272 e. The molecule has 7 heteroatoms. The first kappa shape index (κ1) is 17.7. The van der Waals surface area contributed by atoms with Crippen molar-refractivity contribution in [2.75, 3.05) is 19.6 Å². The molecule has 0 N–H and O–H groups in total. The van der Waals surface area contributed by atoms with Crippen LogP contribution in [-0.2, 0) is 11.3 Å². The first-order valence-electron chi connectivity index (χ1n) is 9.59. The third kappa shape index (κ3) is 3.72. The molecule has 2 bridgehead atoms. The maximum atomic E-state index is 12.9. The number of amides is 2. The van der Waals surface area contributed by atoms with Crippen molar-refractivity contribution >= 4 is 11.8 Å². The second kappa shape index (κ2) is 7.50. The lowest BCUT2D eigenvalue weighted by atomic mass is 9.94. The van der Waals surface area contributed by atoms with Gasteiger partial charge in [0.2, 0.25) is 5.91 Å². The van der Waals surface area contributed by atoms with Gasteiger partial charge in [-0.25, -0.2) is 4.98 Å². The van der Waals surface area contributed by atoms with Crippen molar-refractivity contribution < 1.29 is 9.59 Å². The summed E-state index contributed by atoms with van der Waals surface area (Å²) in [4.78, 5) is 38.0. The summed E-state index contributed by atoms with van der Waals surface area (Å²) in [5.74, 6) is 1.41. The maximum absolute atomic E-state index is 12.9. The third-order valence-corrected chi connectivity index (χ3v) is 5.70. The first-order chi connectivity index (χ1) is 13.1. The average molecular weight is 367 g/mol. The Bertz CT molecular complexity index is 819. The molecule has 2 amide bonds. The Balaban J connectivity index is 1.42. The van der Waals surface area contributed by atoms with Crippen LogP contribution in [0.1, 0.15) is 35.6 Å². The van der Waals surface area contributed by atoms with E-state index in [2.05, 4.69) is 9.97 Å². The van der Waals surface area contributed by atoms with Gasteiger partial charge in [0, 0.05) is 57.2 Å². The molecule has 0 aliphatic carbocycles. The van der Waals surface area contributed by atoms with Crippen LogP contribution in [0.4, 0.5) is 0 Å². The van der Waals surface area contributed by atoms with Crippen LogP contribution in [0.25, 0.3) is 0 Å². The zero-order chi connectivity index (χ0) is 18.8. The Labute approximate surface area is 159 Å². The van der Waals surface area contributed by atoms with E-state index in [0.717, 1.165) is 25.2 Å². The molecule has 3 aliphatic rings. The van der Waals surface area contributed by atoms with Crippen molar-refractivity contribution in [3.8, 4) is 0 Å². The molecule has 0 radical (unpaired) electrons. The molecule has 5 rings (SSSR count). The van der Waals surface area contributed by atoms with Gasteiger partial charge in [-0.2, -0.15) is 0 Å². The molecule has 27 heavy (non-hydrogen) atoms. The number of hydrogen-bond donors (Lipinski definition) is 0. The largest absolute Gasteiger partial charge is 0.338 e. The lowest BCUT2D eigenvalue weighted by molar-refractivity contribution is -0.135. The van der Waals surface area contributed by atoms with Crippen LogP contribution in [0.5, 0.6) is 0 Å². The molecule has 2 aromatic rings. The first-order valence-corrected chi connectivity index (χ1v) is 9.59. The molecule has 3 aliphatic heterocycles. The Morgan fingerprint density at radius 2 is 2.00 bits per heavy atom. The standard InChI is InChI=1S/C20H25N5O2/c1-15-21-9-11-23(15)10-7-19(26)25-13-16-5-6-17(25)14-24(12-16)20(27)18-4-2-3-8-22-18/h2-4,8-9,11,16-17H,5-7,10,12-14H2,1H3. The summed E-state index contributed by atoms with van der Waals surface area (Å²) in [6.07, 6.45) is 7.81. The van der Waals surface area contributed by atoms with Crippen molar-refractivity contribution in [3.63, 3.8) is 0 Å². The van der Waals surface area contributed by atoms with Crippen LogP contribution in [-0.4, -0.2) is 61.8 Å². The number of imidazole rings is 1. The van der Waals surface area contributed by atoms with Crippen LogP contribution in [0, 0.1) is 12.8 Å². The fourth-order valence-electron chi connectivity index (χ4n) is 4.20. The number of hydrogen-bond acceptors (Lipinski definition) is 4. The summed E-state index contributed by atoms with van der Waals surface area (Å²) in [6.45, 7) is 4.64. The van der Waals surface area contributed by atoms with Gasteiger partial charge in [-0.1, -0.05) is 6.07 Å². The predicted molar refractivity (Wildman–Crippen MR) is 99.9 cm³/mol. The molecule has 2 unspecified atom stereocenters. The normalized spacial score (nSPS) is 22.0. The molecule has 2 atom stereocenters. The zero-order valence-electron chi connectivity index (χ0n) is 15.6. The van der Waals surface area contributed by atoms with Gasteiger partial charge in [0.05, 0.1) is 0 Å². The van der Waals surface area contributed by atoms with E-state index >= 15 is 0 Å². The lowest BCUT2D eigenvalue weighted by Gasteiger charge is -2.36. The van der Waals surface area contributed by atoms with Gasteiger partial charge >= 0.3 is 0 Å². The summed E-state index contributed by atoms with van der Waals surface area (Å²) in [5.41, 5.74) is 0.479. The number of aryl methyl sites for hydroxylation is 2. The second-order valence-corrected chi connectivity index (χ2v) is 7.49. The highest BCUT2D eigenvalue weighted by atomic mass is 16.2. The molecule has 0 saturated carbocycles. The summed E-state index contributed by atoms with van der Waals surface area (Å²) >= 11 is 0. The van der Waals surface area contributed by atoms with Gasteiger partial charge in [-0.3, -0.25) is 14.6 Å². The van der Waals surface area contributed by atoms with Crippen LogP contribution in [0.3, 0.4) is 0 Å². The molecule has 7 nitrogen and oxygen atoms in total. The second-order valence-electron chi connectivity index (χ2n) is 7.49. The Kier molecular flexibility index (Phi) is 4.92. The predicted octanol–water partition coefficient (Wildman–Crippen LogP) is 1.74. The molecule has 0 aromatic carbocycles. The fraction of sp³-hybridized carbons (Fsp3) is 0.500. The fourth-order valence-corrected chi connectivity index (χ4v) is 4.20. The number of nitrogens with zero attached hydrogens (tertiary/aromatic N) is 5. The summed E-state index contributed by atoms with van der Waals surface area (Å²) < 4.78 is 2.00. The minimum Gasteiger partial charge on any atom is -0.338 e. The van der Waals surface area contributed by atoms with Crippen LogP contribution in [0.15, 0.2) is 36.8 Å². The SMILES string of the molecule is Cc1nccn1CCC(=O)N1CC2CCC1CN(C(=O)c1ccccn1)C2. The molecule has 3 fully saturated rings. The summed E-state index contributed by atoms with van der Waals surface area (Å²) in [5, 5.41) is 0. The number of pyridine rings is 1. The molecule has 0 spiro atoms. The van der Waals surface area contributed by atoms with Crippen molar-refractivity contribution in [2.45, 2.75) is 38.8 Å². The maximum Gasteiger partial charge on any atom is 0.272 e. The Morgan fingerprint density at radius 3 is 2.74 bits per heavy atom. The van der Waals surface area contributed by atoms with E-state index in [9.17, 15) is 9.59 Å². The van der Waals surface area contributed by atoms with Crippen LogP contribution < -0.4 is 0 Å². The van der Waals surface area contributed by atoms with E-state index in [1.807, 2.05) is 39.6 Å². The monoisotopic (exact) mass is 367 g/mol. The third-order valence-electron chi connectivity index (χ3n) is 5.70. The number of fused-ring (bicyclic) bond motifs is 4. The van der Waals surface area contributed by atoms with E-state index in [1.54, 1.807) is 18.5 Å². The number of rotatable bonds is 4. The number of piperidine rings is 1. The van der Waals surface area contributed by atoms with E-state index in [4.69, 9.17) is 0 Å². The molecule has 2 aromatic heterocycles. The van der Waals surface area contributed by atoms with Gasteiger partial charge in [0.25, 0.3) is 5.91 Å². The van der Waals surface area contributed by atoms with E-state index < -0.39 is 0 Å². The van der Waals surface area contributed by atoms with Gasteiger partial charge in [-0.05, 0) is 37.8 Å². The number of carbonyl (C=O) groups is 2. The minimum atomic E-state index is -0.0316. The molecule has 142 valence electrons. The van der Waals surface area contributed by atoms with E-state index in [0.29, 0.717) is 37.7 Å². The van der Waals surface area contributed by atoms with Crippen molar-refractivity contribution in [1.29, 1.82) is 0 Å². The van der Waals surface area contributed by atoms with Gasteiger partial charge in [0.1, 0.15) is 11.5 Å². The van der Waals surface area contributed by atoms with Crippen molar-refractivity contribution in [3.05, 3.63) is 48.3 Å². The van der Waals surface area contributed by atoms with Crippen LogP contribution in [0.2, 0.25) is 0 Å². The quantitative estimate of drug-likeness (QED) is 0.825. The van der Waals surface area contributed by atoms with Gasteiger partial charge in [0.15, 0.2) is 0 Å². The zero-order valence-corrected chi connectivity index (χ0v) is 15.6. The topological polar surface area (TPSA) is 71.3 Å². The molecular weight excluding hydrogens is 342 g/mol. The average Bonchev–Trinajstić information content (AvgIpc) is 2.91. The Morgan fingerprint density at radius 1 is 1.11 bits per heavy atom. The summed E-state index contributed by atoms with van der Waals surface area (Å²) in [7, 11) is 0. The molecule has 5 heterocycles. The lowest BCUT2D eigenvalue weighted by Crippen LogP contribution is -2.48. The highest BCUT2D eigenvalue weighted by Crippen LogP contribution is 2.29. The minimum absolute atomic E-state index is 0.0316. The van der Waals surface area contributed by atoms with Gasteiger partial charge in [-0.15, -0.1) is 0 Å². The Hall–Kier alpha value is -2.70. The number of aromatic nitrogens is 3. The van der Waals surface area contributed by atoms with E-state index in [1.165, 1.54) is 0 Å². The molecular formula is C20H25N5O2. The van der Waals surface area contributed by atoms with Crippen LogP contribution >= 0.6 is 0 Å². The highest BCUT2D eigenvalue weighted by molar-refractivity contribution is 5.92. The van der Waals surface area contributed by atoms with Gasteiger partial charge < -0.3 is 14.4 Å². The van der Waals surface area contributed by atoms with E-state index in [-0.39, 0.29) is 17.9 Å². The number of carbonyl (C=O) groups excluding carboxylic acids is 2. The van der Waals surface area contributed by atoms with Crippen molar-refractivity contribution in [2.24, 2.45) is 5.92 Å². The van der Waals surface area contributed by atoms with Crippen molar-refractivity contribution in [1.82, 2.24) is 24.3 Å².